The Hall–Kier alpha value is -0.0800. The van der Waals surface area contributed by atoms with Crippen LogP contribution in [0.1, 0.15) is 32.6 Å². The van der Waals surface area contributed by atoms with E-state index in [2.05, 4.69) is 0 Å². The van der Waals surface area contributed by atoms with Gasteiger partial charge in [-0.2, -0.15) is 0 Å². The van der Waals surface area contributed by atoms with Gasteiger partial charge < -0.3 is 10.8 Å². The SMILES string of the molecule is CC(O)[C@H]1CCCC[C@@H]1N. The molecule has 0 spiro atoms. The molecule has 1 aliphatic carbocycles. The molecule has 2 nitrogen and oxygen atoms in total. The molecular weight excluding hydrogens is 126 g/mol. The molecule has 1 saturated carbocycles. The number of aliphatic hydroxyl groups excluding tert-OH is 1. The van der Waals surface area contributed by atoms with Crippen LogP contribution in [0.25, 0.3) is 0 Å². The van der Waals surface area contributed by atoms with E-state index in [1.807, 2.05) is 6.92 Å². The second-order valence-electron chi connectivity index (χ2n) is 3.35. The van der Waals surface area contributed by atoms with Crippen LogP contribution < -0.4 is 5.73 Å². The van der Waals surface area contributed by atoms with Gasteiger partial charge in [0.05, 0.1) is 6.10 Å². The van der Waals surface area contributed by atoms with Gasteiger partial charge in [-0.25, -0.2) is 0 Å². The maximum absolute atomic E-state index is 9.27. The Morgan fingerprint density at radius 2 is 2.00 bits per heavy atom. The molecule has 1 rings (SSSR count). The predicted octanol–water partition coefficient (Wildman–Crippen LogP) is 0.885. The minimum absolute atomic E-state index is 0.213. The van der Waals surface area contributed by atoms with Crippen molar-refractivity contribution in [2.24, 2.45) is 11.7 Å². The number of aliphatic hydroxyl groups is 1. The predicted molar refractivity (Wildman–Crippen MR) is 41.6 cm³/mol. The summed E-state index contributed by atoms with van der Waals surface area (Å²) >= 11 is 0. The normalized spacial score (nSPS) is 37.5. The monoisotopic (exact) mass is 143 g/mol. The number of hydrogen-bond donors (Lipinski definition) is 2. The van der Waals surface area contributed by atoms with Crippen molar-refractivity contribution in [3.63, 3.8) is 0 Å². The second kappa shape index (κ2) is 3.35. The fourth-order valence-corrected chi connectivity index (χ4v) is 1.79. The Bertz CT molecular complexity index is 103. The van der Waals surface area contributed by atoms with Crippen molar-refractivity contribution in [2.45, 2.75) is 44.8 Å². The highest BCUT2D eigenvalue weighted by Gasteiger charge is 2.25. The summed E-state index contributed by atoms with van der Waals surface area (Å²) in [6, 6.07) is 0.244. The minimum Gasteiger partial charge on any atom is -0.393 e. The third kappa shape index (κ3) is 1.70. The molecule has 0 aliphatic heterocycles. The quantitative estimate of drug-likeness (QED) is 0.572. The van der Waals surface area contributed by atoms with Gasteiger partial charge in [-0.1, -0.05) is 12.8 Å². The van der Waals surface area contributed by atoms with Gasteiger partial charge in [-0.15, -0.1) is 0 Å². The van der Waals surface area contributed by atoms with Crippen molar-refractivity contribution in [2.75, 3.05) is 0 Å². The zero-order valence-electron chi connectivity index (χ0n) is 6.59. The molecular formula is C8H17NO. The Kier molecular flexibility index (Phi) is 2.69. The van der Waals surface area contributed by atoms with Crippen LogP contribution in [-0.2, 0) is 0 Å². The molecule has 10 heavy (non-hydrogen) atoms. The van der Waals surface area contributed by atoms with E-state index >= 15 is 0 Å². The molecule has 60 valence electrons. The Morgan fingerprint density at radius 3 is 2.40 bits per heavy atom. The lowest BCUT2D eigenvalue weighted by Gasteiger charge is -2.30. The van der Waals surface area contributed by atoms with Gasteiger partial charge in [0.1, 0.15) is 0 Å². The maximum atomic E-state index is 9.27. The van der Waals surface area contributed by atoms with E-state index < -0.39 is 0 Å². The van der Waals surface area contributed by atoms with E-state index in [1.165, 1.54) is 12.8 Å². The van der Waals surface area contributed by atoms with Gasteiger partial charge in [-0.05, 0) is 25.7 Å². The highest BCUT2D eigenvalue weighted by atomic mass is 16.3. The maximum Gasteiger partial charge on any atom is 0.0555 e. The molecule has 1 aliphatic rings. The molecule has 0 aromatic carbocycles. The topological polar surface area (TPSA) is 46.2 Å². The molecule has 0 heterocycles. The van der Waals surface area contributed by atoms with Gasteiger partial charge >= 0.3 is 0 Å². The first-order valence-corrected chi connectivity index (χ1v) is 4.15. The smallest absolute Gasteiger partial charge is 0.0555 e. The zero-order valence-corrected chi connectivity index (χ0v) is 6.59. The first kappa shape index (κ1) is 8.02. The number of hydrogen-bond acceptors (Lipinski definition) is 2. The molecule has 0 amide bonds. The largest absolute Gasteiger partial charge is 0.393 e. The van der Waals surface area contributed by atoms with Crippen LogP contribution in [0.5, 0.6) is 0 Å². The summed E-state index contributed by atoms with van der Waals surface area (Å²) in [5.41, 5.74) is 5.82. The first-order valence-electron chi connectivity index (χ1n) is 4.15. The van der Waals surface area contributed by atoms with E-state index in [0.29, 0.717) is 5.92 Å². The standard InChI is InChI=1S/C8H17NO/c1-6(10)7-4-2-3-5-8(7)9/h6-8,10H,2-5,9H2,1H3/t6?,7-,8+/m1/s1. The van der Waals surface area contributed by atoms with Crippen molar-refractivity contribution < 1.29 is 5.11 Å². The molecule has 0 aromatic heterocycles. The molecule has 3 atom stereocenters. The Morgan fingerprint density at radius 1 is 1.40 bits per heavy atom. The fraction of sp³-hybridized carbons (Fsp3) is 1.00. The second-order valence-corrected chi connectivity index (χ2v) is 3.35. The van der Waals surface area contributed by atoms with Crippen molar-refractivity contribution in [1.29, 1.82) is 0 Å². The average molecular weight is 143 g/mol. The number of rotatable bonds is 1. The minimum atomic E-state index is -0.213. The molecule has 0 radical (unpaired) electrons. The lowest BCUT2D eigenvalue weighted by atomic mass is 9.82. The highest BCUT2D eigenvalue weighted by Crippen LogP contribution is 2.25. The zero-order chi connectivity index (χ0) is 7.56. The van der Waals surface area contributed by atoms with Crippen LogP contribution >= 0.6 is 0 Å². The van der Waals surface area contributed by atoms with E-state index in [9.17, 15) is 5.11 Å². The van der Waals surface area contributed by atoms with Crippen molar-refractivity contribution in [1.82, 2.24) is 0 Å². The molecule has 0 aromatic rings. The summed E-state index contributed by atoms with van der Waals surface area (Å²) in [4.78, 5) is 0. The fourth-order valence-electron chi connectivity index (χ4n) is 1.79. The lowest BCUT2D eigenvalue weighted by Crippen LogP contribution is -2.39. The average Bonchev–Trinajstić information content (AvgIpc) is 1.88. The van der Waals surface area contributed by atoms with Crippen molar-refractivity contribution in [3.8, 4) is 0 Å². The molecule has 3 N–H and O–H groups in total. The Balaban J connectivity index is 2.40. The van der Waals surface area contributed by atoms with E-state index in [0.717, 1.165) is 12.8 Å². The summed E-state index contributed by atoms with van der Waals surface area (Å²) in [6.45, 7) is 1.84. The summed E-state index contributed by atoms with van der Waals surface area (Å²) in [5, 5.41) is 9.27. The first-order chi connectivity index (χ1) is 4.72. The van der Waals surface area contributed by atoms with Crippen molar-refractivity contribution >= 4 is 0 Å². The van der Waals surface area contributed by atoms with E-state index in [4.69, 9.17) is 5.73 Å². The van der Waals surface area contributed by atoms with Gasteiger partial charge in [0, 0.05) is 6.04 Å². The highest BCUT2D eigenvalue weighted by molar-refractivity contribution is 4.80. The van der Waals surface area contributed by atoms with E-state index in [-0.39, 0.29) is 12.1 Å². The van der Waals surface area contributed by atoms with E-state index in [1.54, 1.807) is 0 Å². The molecule has 1 fully saturated rings. The van der Waals surface area contributed by atoms with Gasteiger partial charge in [0.15, 0.2) is 0 Å². The van der Waals surface area contributed by atoms with Gasteiger partial charge in [0.25, 0.3) is 0 Å². The third-order valence-corrected chi connectivity index (χ3v) is 2.49. The van der Waals surface area contributed by atoms with Crippen LogP contribution in [0, 0.1) is 5.92 Å². The lowest BCUT2D eigenvalue weighted by molar-refractivity contribution is 0.0878. The van der Waals surface area contributed by atoms with Crippen LogP contribution in [0.3, 0.4) is 0 Å². The Labute approximate surface area is 62.4 Å². The molecule has 1 unspecified atom stereocenters. The van der Waals surface area contributed by atoms with Gasteiger partial charge in [0.2, 0.25) is 0 Å². The third-order valence-electron chi connectivity index (χ3n) is 2.49. The van der Waals surface area contributed by atoms with Crippen LogP contribution in [-0.4, -0.2) is 17.3 Å². The van der Waals surface area contributed by atoms with Crippen LogP contribution in [0.15, 0.2) is 0 Å². The molecule has 0 bridgehead atoms. The summed E-state index contributed by atoms with van der Waals surface area (Å²) < 4.78 is 0. The van der Waals surface area contributed by atoms with Crippen LogP contribution in [0.2, 0.25) is 0 Å². The van der Waals surface area contributed by atoms with Gasteiger partial charge in [-0.3, -0.25) is 0 Å². The molecule has 2 heteroatoms. The summed E-state index contributed by atoms with van der Waals surface area (Å²) in [5.74, 6) is 0.355. The summed E-state index contributed by atoms with van der Waals surface area (Å²) in [7, 11) is 0. The number of nitrogens with two attached hydrogens (primary N) is 1. The van der Waals surface area contributed by atoms with Crippen LogP contribution in [0.4, 0.5) is 0 Å². The van der Waals surface area contributed by atoms with Crippen molar-refractivity contribution in [3.05, 3.63) is 0 Å². The molecule has 0 saturated heterocycles. The summed E-state index contributed by atoms with van der Waals surface area (Å²) in [6.07, 6.45) is 4.47.